The largest absolute Gasteiger partial charge is 0.481 e. The number of methoxy groups -OCH3 is 1. The van der Waals surface area contributed by atoms with Gasteiger partial charge in [-0.2, -0.15) is 0 Å². The first-order valence-electron chi connectivity index (χ1n) is 20.6. The normalized spacial score (nSPS) is 43.4. The van der Waals surface area contributed by atoms with Gasteiger partial charge in [-0.3, -0.25) is 28.8 Å². The molecular weight excluding hydrogens is 776 g/mol. The molecule has 0 aliphatic carbocycles. The van der Waals surface area contributed by atoms with E-state index >= 15 is 0 Å². The van der Waals surface area contributed by atoms with E-state index in [2.05, 4.69) is 0 Å². The first kappa shape index (κ1) is 50.3. The van der Waals surface area contributed by atoms with Crippen LogP contribution in [-0.2, 0) is 66.7 Å². The molecule has 3 N–H and O–H groups in total. The minimum atomic E-state index is -2.20. The van der Waals surface area contributed by atoms with E-state index in [0.29, 0.717) is 0 Å². The Morgan fingerprint density at radius 3 is 1.93 bits per heavy atom. The van der Waals surface area contributed by atoms with Gasteiger partial charge in [0.1, 0.15) is 29.7 Å². The van der Waals surface area contributed by atoms with Gasteiger partial charge in [0, 0.05) is 51.6 Å². The molecular formula is C42H68O17. The van der Waals surface area contributed by atoms with Gasteiger partial charge >= 0.3 is 23.9 Å². The van der Waals surface area contributed by atoms with Gasteiger partial charge < -0.3 is 53.2 Å². The van der Waals surface area contributed by atoms with Crippen molar-refractivity contribution in [2.24, 2.45) is 41.4 Å². The number of Topliss-reactive ketones (excluding diaryl/α,β-unsaturated/α-hetero) is 2. The third kappa shape index (κ3) is 11.5. The highest BCUT2D eigenvalue weighted by atomic mass is 16.7. The van der Waals surface area contributed by atoms with E-state index in [-0.39, 0.29) is 25.0 Å². The number of rotatable bonds is 10. The zero-order valence-corrected chi connectivity index (χ0v) is 37.0. The second-order valence-corrected chi connectivity index (χ2v) is 17.6. The van der Waals surface area contributed by atoms with Crippen molar-refractivity contribution in [1.82, 2.24) is 0 Å². The summed E-state index contributed by atoms with van der Waals surface area (Å²) in [6.45, 7) is 19.9. The lowest BCUT2D eigenvalue weighted by Crippen LogP contribution is -2.62. The van der Waals surface area contributed by atoms with Gasteiger partial charge in [0.25, 0.3) is 0 Å². The molecule has 3 aliphatic rings. The highest BCUT2D eigenvalue weighted by Crippen LogP contribution is 2.41. The molecule has 0 aromatic heterocycles. The van der Waals surface area contributed by atoms with Crippen LogP contribution in [0.5, 0.6) is 0 Å². The Hall–Kier alpha value is -3.06. The Balaban J connectivity index is 2.25. The van der Waals surface area contributed by atoms with Crippen molar-refractivity contribution >= 4 is 35.4 Å². The fourth-order valence-corrected chi connectivity index (χ4v) is 9.21. The number of carbonyl (C=O) groups excluding carboxylic acids is 5. The number of carbonyl (C=O) groups is 6. The summed E-state index contributed by atoms with van der Waals surface area (Å²) in [7, 11) is 1.46. The Kier molecular flexibility index (Phi) is 17.2. The van der Waals surface area contributed by atoms with E-state index in [1.165, 1.54) is 34.8 Å². The highest BCUT2D eigenvalue weighted by molar-refractivity contribution is 5.85. The first-order chi connectivity index (χ1) is 27.2. The number of aliphatic hydroxyl groups excluding tert-OH is 1. The Morgan fingerprint density at radius 1 is 0.814 bits per heavy atom. The molecule has 3 rings (SSSR count). The molecule has 59 heavy (non-hydrogen) atoms. The third-order valence-electron chi connectivity index (χ3n) is 12.7. The molecule has 3 heterocycles. The maximum Gasteiger partial charge on any atom is 0.311 e. The van der Waals surface area contributed by atoms with Crippen LogP contribution >= 0.6 is 0 Å². The predicted molar refractivity (Wildman–Crippen MR) is 207 cm³/mol. The number of carboxylic acids is 1. The number of ether oxygens (including phenoxy) is 8. The second-order valence-electron chi connectivity index (χ2n) is 17.6. The van der Waals surface area contributed by atoms with E-state index in [0.717, 1.165) is 6.92 Å². The molecule has 0 radical (unpaired) electrons. The molecule has 17 heteroatoms. The van der Waals surface area contributed by atoms with Gasteiger partial charge in [0.15, 0.2) is 30.1 Å². The minimum Gasteiger partial charge on any atom is -0.481 e. The summed E-state index contributed by atoms with van der Waals surface area (Å²) in [5.74, 6) is -11.0. The average molecular weight is 845 g/mol. The smallest absolute Gasteiger partial charge is 0.311 e. The maximum absolute atomic E-state index is 14.5. The maximum atomic E-state index is 14.5. The number of hydrogen-bond donors (Lipinski definition) is 3. The molecule has 3 saturated heterocycles. The number of aliphatic hydroxyl groups is 2. The molecule has 0 spiro atoms. The lowest BCUT2D eigenvalue weighted by molar-refractivity contribution is -0.319. The molecule has 0 amide bonds. The number of ketones is 2. The van der Waals surface area contributed by atoms with E-state index in [1.807, 2.05) is 0 Å². The van der Waals surface area contributed by atoms with Crippen LogP contribution in [0.4, 0.5) is 0 Å². The van der Waals surface area contributed by atoms with Crippen LogP contribution in [0, 0.1) is 41.4 Å². The predicted octanol–water partition coefficient (Wildman–Crippen LogP) is 3.40. The third-order valence-corrected chi connectivity index (χ3v) is 12.7. The van der Waals surface area contributed by atoms with Crippen molar-refractivity contribution in [1.29, 1.82) is 0 Å². The van der Waals surface area contributed by atoms with Crippen molar-refractivity contribution in [3.05, 3.63) is 0 Å². The minimum absolute atomic E-state index is 0.0225. The van der Waals surface area contributed by atoms with Gasteiger partial charge in [-0.25, -0.2) is 0 Å². The standard InChI is InChI=1S/C42H68O17/c1-18-15-19(2)32(59-40-36(47)42(51,27(10)43)16-20(3)53-40)22(5)35(57-30-17-41(13,52-14)37(26(9)54-30)56-29(12)45)25(8)39(50)58-34(24(7)38(48)49)23(6)33(55-28(11)44)21(4)31(18)46/h18-26,30,32-37,40,47,51H,15-17H2,1-14H3,(H,48,49)/t18-,19+,20-,21+,22-,23-,24-,25-,26+,30+,32+,33-,34+,35+,36+,37-,40+,41-,42+/m1/s1. The van der Waals surface area contributed by atoms with Gasteiger partial charge in [0.05, 0.1) is 42.2 Å². The quantitative estimate of drug-likeness (QED) is 0.211. The Labute approximate surface area is 347 Å². The summed E-state index contributed by atoms with van der Waals surface area (Å²) in [5.41, 5.74) is -3.32. The lowest BCUT2D eigenvalue weighted by atomic mass is 9.76. The van der Waals surface area contributed by atoms with E-state index in [9.17, 15) is 44.1 Å². The van der Waals surface area contributed by atoms with Crippen LogP contribution in [0.15, 0.2) is 0 Å². The summed E-state index contributed by atoms with van der Waals surface area (Å²) < 4.78 is 48.8. The fraction of sp³-hybridized carbons (Fsp3) is 0.857. The number of esters is 3. The Morgan fingerprint density at radius 2 is 1.41 bits per heavy atom. The second kappa shape index (κ2) is 20.2. The van der Waals surface area contributed by atoms with Gasteiger partial charge in [-0.05, 0) is 53.9 Å². The van der Waals surface area contributed by atoms with Crippen LogP contribution in [0.1, 0.15) is 109 Å². The van der Waals surface area contributed by atoms with E-state index in [1.54, 1.807) is 55.4 Å². The van der Waals surface area contributed by atoms with Gasteiger partial charge in [-0.1, -0.05) is 34.6 Å². The summed E-state index contributed by atoms with van der Waals surface area (Å²) >= 11 is 0. The zero-order valence-electron chi connectivity index (χ0n) is 37.0. The highest BCUT2D eigenvalue weighted by Gasteiger charge is 2.54. The molecule has 338 valence electrons. The number of carboxylic acid groups (broad SMARTS) is 1. The topological polar surface area (TPSA) is 237 Å². The lowest BCUT2D eigenvalue weighted by Gasteiger charge is -2.48. The van der Waals surface area contributed by atoms with Crippen molar-refractivity contribution in [2.45, 2.75) is 182 Å². The Bertz CT molecular complexity index is 1520. The summed E-state index contributed by atoms with van der Waals surface area (Å²) in [4.78, 5) is 78.4. The van der Waals surface area contributed by atoms with Crippen LogP contribution in [0.25, 0.3) is 0 Å². The van der Waals surface area contributed by atoms with Gasteiger partial charge in [-0.15, -0.1) is 0 Å². The fourth-order valence-electron chi connectivity index (χ4n) is 9.21. The van der Waals surface area contributed by atoms with Gasteiger partial charge in [0.2, 0.25) is 0 Å². The average Bonchev–Trinajstić information content (AvgIpc) is 3.14. The van der Waals surface area contributed by atoms with Crippen LogP contribution in [0.2, 0.25) is 0 Å². The molecule has 0 bridgehead atoms. The summed E-state index contributed by atoms with van der Waals surface area (Å²) in [5, 5.41) is 32.9. The van der Waals surface area contributed by atoms with Crippen molar-refractivity contribution < 1.29 is 82.0 Å². The van der Waals surface area contributed by atoms with Crippen molar-refractivity contribution in [2.75, 3.05) is 7.11 Å². The van der Waals surface area contributed by atoms with Crippen LogP contribution < -0.4 is 0 Å². The molecule has 19 atom stereocenters. The molecule has 0 aromatic rings. The van der Waals surface area contributed by atoms with E-state index < -0.39 is 144 Å². The first-order valence-corrected chi connectivity index (χ1v) is 20.6. The molecule has 0 unspecified atom stereocenters. The molecule has 17 nitrogen and oxygen atoms in total. The van der Waals surface area contributed by atoms with Crippen LogP contribution in [-0.4, -0.2) is 130 Å². The van der Waals surface area contributed by atoms with Crippen LogP contribution in [0.3, 0.4) is 0 Å². The molecule has 3 fully saturated rings. The summed E-state index contributed by atoms with van der Waals surface area (Å²) in [6, 6.07) is 0. The number of cyclic esters (lactones) is 1. The van der Waals surface area contributed by atoms with E-state index in [4.69, 9.17) is 37.9 Å². The molecule has 0 saturated carbocycles. The molecule has 0 aromatic carbocycles. The SMILES string of the molecule is CO[C@]1(C)C[C@H](O[C@H]2[C@H](C)[C@@H](O[C@@H]3O[C@H](C)C[C@](O)(C(C)=O)[C@H]3O)[C@@H](C)C[C@@H](C)C(=O)[C@H](C)[C@@H](OC(C)=O)[C@@H](C)[C@@H]([C@@H](C)C(=O)O)OC(=O)[C@@H]2C)O[C@@H](C)[C@H]1OC(C)=O. The zero-order chi connectivity index (χ0) is 45.1. The van der Waals surface area contributed by atoms with Crippen molar-refractivity contribution in [3.63, 3.8) is 0 Å². The molecule has 3 aliphatic heterocycles. The monoisotopic (exact) mass is 844 g/mol. The number of aliphatic carboxylic acids is 1. The van der Waals surface area contributed by atoms with Crippen molar-refractivity contribution in [3.8, 4) is 0 Å². The summed E-state index contributed by atoms with van der Waals surface area (Å²) in [6.07, 6.45) is -11.5. The number of hydrogen-bond acceptors (Lipinski definition) is 16.